The van der Waals surface area contributed by atoms with Crippen LogP contribution in [0.15, 0.2) is 42.5 Å². The molecule has 1 amide bonds. The lowest BCUT2D eigenvalue weighted by Gasteiger charge is -2.24. The molecule has 0 aromatic heterocycles. The van der Waals surface area contributed by atoms with Crippen LogP contribution in [0.3, 0.4) is 0 Å². The molecular formula is C17H17ClFN3O3. The largest absolute Gasteiger partial charge is 0.323 e. The molecule has 0 spiro atoms. The summed E-state index contributed by atoms with van der Waals surface area (Å²) in [5, 5.41) is 13.4. The highest BCUT2D eigenvalue weighted by Crippen LogP contribution is 2.27. The van der Waals surface area contributed by atoms with Gasteiger partial charge in [0.05, 0.1) is 21.7 Å². The number of nitrogens with one attached hydrogen (secondary N) is 1. The van der Waals surface area contributed by atoms with Crippen LogP contribution in [0.1, 0.15) is 12.5 Å². The summed E-state index contributed by atoms with van der Waals surface area (Å²) in [5.74, 6) is -0.685. The second-order valence-corrected chi connectivity index (χ2v) is 6.00. The Bertz CT molecular complexity index is 800. The first-order valence-electron chi connectivity index (χ1n) is 7.48. The van der Waals surface area contributed by atoms with E-state index < -0.39 is 11.0 Å². The minimum absolute atomic E-state index is 0.0755. The Labute approximate surface area is 149 Å². The number of nitro benzene ring substituents is 1. The molecule has 0 aliphatic carbocycles. The van der Waals surface area contributed by atoms with E-state index in [4.69, 9.17) is 11.6 Å². The first-order chi connectivity index (χ1) is 11.8. The zero-order valence-corrected chi connectivity index (χ0v) is 14.5. The maximum absolute atomic E-state index is 13.7. The van der Waals surface area contributed by atoms with Crippen LogP contribution in [-0.4, -0.2) is 28.8 Å². The standard InChI is InChI=1S/C17H17ClFN3O3/c1-11(21(2)10-12-5-3-4-6-15(12)19)17(23)20-16-8-7-13(22(24)25)9-14(16)18/h3-9,11H,10H2,1-2H3,(H,20,23). The molecule has 0 radical (unpaired) electrons. The summed E-state index contributed by atoms with van der Waals surface area (Å²) in [4.78, 5) is 24.2. The van der Waals surface area contributed by atoms with Crippen LogP contribution in [0.2, 0.25) is 5.02 Å². The lowest BCUT2D eigenvalue weighted by Crippen LogP contribution is -2.39. The van der Waals surface area contributed by atoms with Crippen molar-refractivity contribution in [2.75, 3.05) is 12.4 Å². The minimum atomic E-state index is -0.567. The first-order valence-corrected chi connectivity index (χ1v) is 7.86. The molecule has 1 atom stereocenters. The molecule has 0 aliphatic heterocycles. The van der Waals surface area contributed by atoms with E-state index in [9.17, 15) is 19.3 Å². The summed E-state index contributed by atoms with van der Waals surface area (Å²) in [7, 11) is 1.70. The van der Waals surface area contributed by atoms with E-state index in [0.717, 1.165) is 0 Å². The highest BCUT2D eigenvalue weighted by molar-refractivity contribution is 6.34. The number of amides is 1. The van der Waals surface area contributed by atoms with Crippen molar-refractivity contribution >= 4 is 28.9 Å². The Balaban J connectivity index is 2.04. The molecule has 132 valence electrons. The summed E-state index contributed by atoms with van der Waals surface area (Å²) in [6, 6.07) is 9.60. The molecular weight excluding hydrogens is 349 g/mol. The summed E-state index contributed by atoms with van der Waals surface area (Å²) >= 11 is 5.97. The van der Waals surface area contributed by atoms with Gasteiger partial charge >= 0.3 is 0 Å². The third-order valence-corrected chi connectivity index (χ3v) is 4.15. The second-order valence-electron chi connectivity index (χ2n) is 5.59. The van der Waals surface area contributed by atoms with Gasteiger partial charge < -0.3 is 5.32 Å². The molecule has 0 saturated carbocycles. The molecule has 8 heteroatoms. The number of benzene rings is 2. The molecule has 25 heavy (non-hydrogen) atoms. The number of carbonyl (C=O) groups is 1. The Morgan fingerprint density at radius 2 is 2.04 bits per heavy atom. The van der Waals surface area contributed by atoms with Crippen LogP contribution >= 0.6 is 11.6 Å². The van der Waals surface area contributed by atoms with Gasteiger partial charge in [0.2, 0.25) is 5.91 Å². The quantitative estimate of drug-likeness (QED) is 0.623. The normalized spacial score (nSPS) is 12.0. The number of carbonyl (C=O) groups excluding carboxylic acids is 1. The van der Waals surface area contributed by atoms with Crippen LogP contribution < -0.4 is 5.32 Å². The Morgan fingerprint density at radius 3 is 2.64 bits per heavy atom. The molecule has 2 rings (SSSR count). The number of nitrogens with zero attached hydrogens (tertiary/aromatic N) is 2. The summed E-state index contributed by atoms with van der Waals surface area (Å²) in [6.07, 6.45) is 0. The molecule has 2 aromatic carbocycles. The highest BCUT2D eigenvalue weighted by atomic mass is 35.5. The Hall–Kier alpha value is -2.51. The second kappa shape index (κ2) is 8.04. The molecule has 1 unspecified atom stereocenters. The number of hydrogen-bond acceptors (Lipinski definition) is 4. The third-order valence-electron chi connectivity index (χ3n) is 3.84. The third kappa shape index (κ3) is 4.74. The van der Waals surface area contributed by atoms with E-state index in [1.807, 2.05) is 0 Å². The predicted molar refractivity (Wildman–Crippen MR) is 94.1 cm³/mol. The Kier molecular flexibility index (Phi) is 6.06. The van der Waals surface area contributed by atoms with Gasteiger partial charge in [-0.2, -0.15) is 0 Å². The van der Waals surface area contributed by atoms with Gasteiger partial charge in [-0.05, 0) is 26.1 Å². The van der Waals surface area contributed by atoms with Gasteiger partial charge in [-0.25, -0.2) is 4.39 Å². The van der Waals surface area contributed by atoms with Crippen LogP contribution in [0.25, 0.3) is 0 Å². The topological polar surface area (TPSA) is 75.5 Å². The van der Waals surface area contributed by atoms with Crippen molar-refractivity contribution in [1.29, 1.82) is 0 Å². The number of halogens is 2. The van der Waals surface area contributed by atoms with E-state index in [-0.39, 0.29) is 34.7 Å². The van der Waals surface area contributed by atoms with Gasteiger partial charge in [-0.3, -0.25) is 19.8 Å². The number of non-ortho nitro benzene ring substituents is 1. The van der Waals surface area contributed by atoms with E-state index in [1.54, 1.807) is 37.1 Å². The Morgan fingerprint density at radius 1 is 1.36 bits per heavy atom. The lowest BCUT2D eigenvalue weighted by atomic mass is 10.1. The van der Waals surface area contributed by atoms with E-state index >= 15 is 0 Å². The lowest BCUT2D eigenvalue weighted by molar-refractivity contribution is -0.384. The van der Waals surface area contributed by atoms with Crippen molar-refractivity contribution in [1.82, 2.24) is 4.90 Å². The molecule has 0 bridgehead atoms. The van der Waals surface area contributed by atoms with Gasteiger partial charge in [0.25, 0.3) is 5.69 Å². The average molecular weight is 366 g/mol. The van der Waals surface area contributed by atoms with Gasteiger partial charge in [-0.1, -0.05) is 29.8 Å². The van der Waals surface area contributed by atoms with Crippen molar-refractivity contribution in [3.63, 3.8) is 0 Å². The number of hydrogen-bond donors (Lipinski definition) is 1. The predicted octanol–water partition coefficient (Wildman–Crippen LogP) is 3.85. The van der Waals surface area contributed by atoms with E-state index in [2.05, 4.69) is 5.32 Å². The van der Waals surface area contributed by atoms with Crippen LogP contribution in [0.4, 0.5) is 15.8 Å². The maximum atomic E-state index is 13.7. The molecule has 0 saturated heterocycles. The van der Waals surface area contributed by atoms with Crippen molar-refractivity contribution < 1.29 is 14.1 Å². The fraction of sp³-hybridized carbons (Fsp3) is 0.235. The summed E-state index contributed by atoms with van der Waals surface area (Å²) in [6.45, 7) is 1.94. The molecule has 0 aliphatic rings. The zero-order chi connectivity index (χ0) is 18.6. The minimum Gasteiger partial charge on any atom is -0.323 e. The van der Waals surface area contributed by atoms with Crippen LogP contribution in [0.5, 0.6) is 0 Å². The number of anilines is 1. The number of likely N-dealkylation sites (N-methyl/N-ethyl adjacent to an activating group) is 1. The van der Waals surface area contributed by atoms with Gasteiger partial charge in [0.1, 0.15) is 5.82 Å². The molecule has 0 fully saturated rings. The van der Waals surface area contributed by atoms with Gasteiger partial charge in [0.15, 0.2) is 0 Å². The number of rotatable bonds is 6. The summed E-state index contributed by atoms with van der Waals surface area (Å²) in [5.41, 5.74) is 0.606. The van der Waals surface area contributed by atoms with Gasteiger partial charge in [0, 0.05) is 24.2 Å². The maximum Gasteiger partial charge on any atom is 0.271 e. The van der Waals surface area contributed by atoms with Crippen molar-refractivity contribution in [2.45, 2.75) is 19.5 Å². The van der Waals surface area contributed by atoms with E-state index in [0.29, 0.717) is 5.56 Å². The smallest absolute Gasteiger partial charge is 0.271 e. The number of nitro groups is 1. The van der Waals surface area contributed by atoms with E-state index in [1.165, 1.54) is 24.3 Å². The van der Waals surface area contributed by atoms with Crippen molar-refractivity contribution in [2.24, 2.45) is 0 Å². The van der Waals surface area contributed by atoms with Crippen LogP contribution in [-0.2, 0) is 11.3 Å². The average Bonchev–Trinajstić information content (AvgIpc) is 2.57. The van der Waals surface area contributed by atoms with Crippen molar-refractivity contribution in [3.05, 3.63) is 69.0 Å². The highest BCUT2D eigenvalue weighted by Gasteiger charge is 2.20. The fourth-order valence-corrected chi connectivity index (χ4v) is 2.41. The van der Waals surface area contributed by atoms with Crippen molar-refractivity contribution in [3.8, 4) is 0 Å². The van der Waals surface area contributed by atoms with Gasteiger partial charge in [-0.15, -0.1) is 0 Å². The molecule has 0 heterocycles. The molecule has 2 aromatic rings. The molecule has 1 N–H and O–H groups in total. The fourth-order valence-electron chi connectivity index (χ4n) is 2.19. The first kappa shape index (κ1) is 18.8. The SMILES string of the molecule is CC(C(=O)Nc1ccc([N+](=O)[O-])cc1Cl)N(C)Cc1ccccc1F. The summed E-state index contributed by atoms with van der Waals surface area (Å²) < 4.78 is 13.7. The monoisotopic (exact) mass is 365 g/mol. The molecule has 6 nitrogen and oxygen atoms in total. The zero-order valence-electron chi connectivity index (χ0n) is 13.7. The van der Waals surface area contributed by atoms with Crippen LogP contribution in [0, 0.1) is 15.9 Å².